The average Bonchev–Trinajstić information content (AvgIpc) is 3.37. The SMILES string of the molecule is CCCCC/C(=C/[C@H]1O[C@H]2[C@@H](O[Si](CC)(CC)CC)[C@H]3O[C@@H](CC(=O)OC)CC[C@@H]3O[C@H]2[C@H]1O[Si](CC)(CC)CC)OC. The summed E-state index contributed by atoms with van der Waals surface area (Å²) >= 11 is 0. The van der Waals surface area contributed by atoms with E-state index in [0.717, 1.165) is 74.1 Å². The van der Waals surface area contributed by atoms with Crippen LogP contribution in [0.15, 0.2) is 11.8 Å². The second kappa shape index (κ2) is 17.2. The van der Waals surface area contributed by atoms with Gasteiger partial charge in [0.2, 0.25) is 0 Å². The summed E-state index contributed by atoms with van der Waals surface area (Å²) in [5.74, 6) is 0.701. The van der Waals surface area contributed by atoms with E-state index in [1.165, 1.54) is 13.5 Å². The van der Waals surface area contributed by atoms with E-state index in [4.69, 9.17) is 32.5 Å². The number of methoxy groups -OCH3 is 2. The lowest BCUT2D eigenvalue weighted by atomic mass is 9.88. The first-order chi connectivity index (χ1) is 20.7. The van der Waals surface area contributed by atoms with E-state index >= 15 is 0 Å². The Bertz CT molecular complexity index is 860. The summed E-state index contributed by atoms with van der Waals surface area (Å²) in [5.41, 5.74) is 0. The van der Waals surface area contributed by atoms with Crippen LogP contribution in [0.25, 0.3) is 0 Å². The van der Waals surface area contributed by atoms with Crippen molar-refractivity contribution >= 4 is 22.6 Å². The Labute approximate surface area is 264 Å². The largest absolute Gasteiger partial charge is 0.501 e. The fourth-order valence-corrected chi connectivity index (χ4v) is 12.9. The quantitative estimate of drug-likeness (QED) is 0.0657. The summed E-state index contributed by atoms with van der Waals surface area (Å²) in [6.45, 7) is 15.8. The number of allylic oxidation sites excluding steroid dienone is 1. The summed E-state index contributed by atoms with van der Waals surface area (Å²) in [4.78, 5) is 12.2. The Morgan fingerprint density at radius 1 is 0.721 bits per heavy atom. The van der Waals surface area contributed by atoms with Crippen LogP contribution in [0.3, 0.4) is 0 Å². The van der Waals surface area contributed by atoms with Crippen LogP contribution in [0.4, 0.5) is 0 Å². The third-order valence-corrected chi connectivity index (χ3v) is 19.9. The van der Waals surface area contributed by atoms with Gasteiger partial charge in [-0.25, -0.2) is 0 Å². The van der Waals surface area contributed by atoms with E-state index < -0.39 is 16.6 Å². The minimum atomic E-state index is -2.05. The summed E-state index contributed by atoms with van der Waals surface area (Å²) in [7, 11) is -0.868. The van der Waals surface area contributed by atoms with E-state index in [1.54, 1.807) is 7.11 Å². The monoisotopic (exact) mass is 642 g/mol. The van der Waals surface area contributed by atoms with E-state index in [0.29, 0.717) is 0 Å². The van der Waals surface area contributed by atoms with Gasteiger partial charge in [0.1, 0.15) is 36.6 Å². The lowest BCUT2D eigenvalue weighted by Crippen LogP contribution is -2.65. The fourth-order valence-electron chi connectivity index (χ4n) is 7.23. The van der Waals surface area contributed by atoms with Gasteiger partial charge in [-0.2, -0.15) is 0 Å². The second-order valence-electron chi connectivity index (χ2n) is 12.7. The normalized spacial score (nSPS) is 31.4. The molecule has 3 aliphatic rings. The van der Waals surface area contributed by atoms with Crippen molar-refractivity contribution in [3.63, 3.8) is 0 Å². The molecule has 250 valence electrons. The van der Waals surface area contributed by atoms with Crippen LogP contribution >= 0.6 is 0 Å². The van der Waals surface area contributed by atoms with Gasteiger partial charge in [0.15, 0.2) is 16.6 Å². The lowest BCUT2D eigenvalue weighted by Gasteiger charge is -2.50. The van der Waals surface area contributed by atoms with Crippen molar-refractivity contribution in [3.05, 3.63) is 11.8 Å². The minimum absolute atomic E-state index is 0.137. The Morgan fingerprint density at radius 2 is 1.30 bits per heavy atom. The van der Waals surface area contributed by atoms with Crippen molar-refractivity contribution in [3.8, 4) is 0 Å². The minimum Gasteiger partial charge on any atom is -0.501 e. The van der Waals surface area contributed by atoms with Gasteiger partial charge in [-0.1, -0.05) is 61.3 Å². The Balaban J connectivity index is 2.04. The van der Waals surface area contributed by atoms with Gasteiger partial charge in [0.05, 0.1) is 38.6 Å². The molecule has 3 aliphatic heterocycles. The Morgan fingerprint density at radius 3 is 1.84 bits per heavy atom. The molecule has 0 aromatic rings. The lowest BCUT2D eigenvalue weighted by molar-refractivity contribution is -0.255. The predicted molar refractivity (Wildman–Crippen MR) is 175 cm³/mol. The number of esters is 1. The molecule has 0 unspecified atom stereocenters. The third kappa shape index (κ3) is 8.74. The van der Waals surface area contributed by atoms with Gasteiger partial charge in [0, 0.05) is 6.42 Å². The molecule has 0 N–H and O–H groups in total. The maximum Gasteiger partial charge on any atom is 0.308 e. The molecule has 0 bridgehead atoms. The predicted octanol–water partition coefficient (Wildman–Crippen LogP) is 7.52. The summed E-state index contributed by atoms with van der Waals surface area (Å²) in [5, 5.41) is 0. The van der Waals surface area contributed by atoms with E-state index in [9.17, 15) is 4.79 Å². The first kappa shape index (κ1) is 36.7. The van der Waals surface area contributed by atoms with Crippen LogP contribution in [-0.4, -0.2) is 85.7 Å². The van der Waals surface area contributed by atoms with E-state index in [1.807, 2.05) is 0 Å². The van der Waals surface area contributed by atoms with Crippen molar-refractivity contribution in [2.75, 3.05) is 14.2 Å². The highest BCUT2D eigenvalue weighted by molar-refractivity contribution is 6.74. The number of fused-ring (bicyclic) bond motifs is 2. The van der Waals surface area contributed by atoms with Gasteiger partial charge in [-0.15, -0.1) is 0 Å². The molecule has 0 saturated carbocycles. The van der Waals surface area contributed by atoms with Crippen LogP contribution in [0.1, 0.15) is 93.4 Å². The van der Waals surface area contributed by atoms with Crippen LogP contribution in [0.2, 0.25) is 36.3 Å². The molecular formula is C33H62O8Si2. The van der Waals surface area contributed by atoms with Crippen molar-refractivity contribution < 1.29 is 37.3 Å². The molecule has 0 amide bonds. The molecule has 3 fully saturated rings. The second-order valence-corrected chi connectivity index (χ2v) is 22.2. The number of rotatable bonds is 18. The van der Waals surface area contributed by atoms with Crippen molar-refractivity contribution in [1.82, 2.24) is 0 Å². The van der Waals surface area contributed by atoms with Crippen LogP contribution in [0.5, 0.6) is 0 Å². The molecule has 0 aromatic carbocycles. The molecule has 3 saturated heterocycles. The van der Waals surface area contributed by atoms with Gasteiger partial charge in [-0.05, 0) is 61.6 Å². The molecule has 43 heavy (non-hydrogen) atoms. The highest BCUT2D eigenvalue weighted by Crippen LogP contribution is 2.45. The van der Waals surface area contributed by atoms with Crippen LogP contribution in [-0.2, 0) is 37.3 Å². The summed E-state index contributed by atoms with van der Waals surface area (Å²) in [6, 6.07) is 6.26. The zero-order chi connectivity index (χ0) is 31.6. The van der Waals surface area contributed by atoms with Crippen LogP contribution in [0, 0.1) is 0 Å². The maximum atomic E-state index is 12.2. The fraction of sp³-hybridized carbons (Fsp3) is 0.909. The molecular weight excluding hydrogens is 581 g/mol. The van der Waals surface area contributed by atoms with Crippen molar-refractivity contribution in [2.24, 2.45) is 0 Å². The number of hydrogen-bond donors (Lipinski definition) is 0. The number of hydrogen-bond acceptors (Lipinski definition) is 8. The molecule has 0 aliphatic carbocycles. The molecule has 3 heterocycles. The van der Waals surface area contributed by atoms with Crippen molar-refractivity contribution in [1.29, 1.82) is 0 Å². The number of carbonyl (C=O) groups is 1. The first-order valence-electron chi connectivity index (χ1n) is 17.3. The number of unbranched alkanes of at least 4 members (excludes halogenated alkanes) is 2. The molecule has 0 aromatic heterocycles. The molecule has 0 spiro atoms. The van der Waals surface area contributed by atoms with E-state index in [-0.39, 0.29) is 61.2 Å². The third-order valence-electron chi connectivity index (χ3n) is 10.7. The molecule has 0 radical (unpaired) electrons. The molecule has 8 atom stereocenters. The Kier molecular flexibility index (Phi) is 14.7. The first-order valence-corrected chi connectivity index (χ1v) is 22.4. The standard InChI is InChI=1S/C33H62O8Si2/c1-10-17-18-19-24(35-8)22-27-30(40-42(11-2,12-3)13-4)31-32(39-27)33(41-43(14-5,15-6)16-7)29-26(38-31)21-20-25(37-29)23-28(34)36-9/h22,25-27,29-33H,10-21,23H2,1-9H3/b24-22-/t25-,26+,27-,29+,30+,31+,32-,33+/m1/s1. The summed E-state index contributed by atoms with van der Waals surface area (Å²) < 4.78 is 46.1. The zero-order valence-electron chi connectivity index (χ0n) is 28.7. The van der Waals surface area contributed by atoms with Crippen molar-refractivity contribution in [2.45, 2.75) is 179 Å². The highest BCUT2D eigenvalue weighted by Gasteiger charge is 2.60. The van der Waals surface area contributed by atoms with Gasteiger partial charge < -0.3 is 32.5 Å². The molecule has 10 heteroatoms. The Hall–Kier alpha value is -0.756. The van der Waals surface area contributed by atoms with E-state index in [2.05, 4.69) is 54.5 Å². The molecule has 8 nitrogen and oxygen atoms in total. The topological polar surface area (TPSA) is 81.7 Å². The zero-order valence-corrected chi connectivity index (χ0v) is 30.7. The van der Waals surface area contributed by atoms with Gasteiger partial charge >= 0.3 is 5.97 Å². The smallest absolute Gasteiger partial charge is 0.308 e. The average molecular weight is 643 g/mol. The molecule has 3 rings (SSSR count). The van der Waals surface area contributed by atoms with Gasteiger partial charge in [-0.3, -0.25) is 4.79 Å². The van der Waals surface area contributed by atoms with Crippen LogP contribution < -0.4 is 0 Å². The maximum absolute atomic E-state index is 12.2. The summed E-state index contributed by atoms with van der Waals surface area (Å²) in [6.07, 6.45) is 6.20. The number of ether oxygens (including phenoxy) is 5. The number of carbonyl (C=O) groups excluding carboxylic acids is 1. The van der Waals surface area contributed by atoms with Gasteiger partial charge in [0.25, 0.3) is 0 Å². The highest BCUT2D eigenvalue weighted by atomic mass is 28.4.